The van der Waals surface area contributed by atoms with E-state index in [1.165, 1.54) is 0 Å². The summed E-state index contributed by atoms with van der Waals surface area (Å²) >= 11 is 0. The number of hydrogen-bond donors (Lipinski definition) is 0. The third kappa shape index (κ3) is 5.62. The van der Waals surface area contributed by atoms with Gasteiger partial charge in [-0.05, 0) is 54.6 Å². The van der Waals surface area contributed by atoms with Gasteiger partial charge in [0.1, 0.15) is 28.8 Å². The van der Waals surface area contributed by atoms with Gasteiger partial charge in [0, 0.05) is 49.0 Å². The van der Waals surface area contributed by atoms with E-state index in [1.54, 1.807) is 6.26 Å². The Hall–Kier alpha value is -7.83. The molecule has 0 saturated heterocycles. The largest absolute Gasteiger partial charge is 0.464 e. The van der Waals surface area contributed by atoms with E-state index in [0.717, 1.165) is 105 Å². The van der Waals surface area contributed by atoms with Crippen molar-refractivity contribution in [2.75, 3.05) is 0 Å². The summed E-state index contributed by atoms with van der Waals surface area (Å²) in [6.07, 6.45) is 1.80. The lowest BCUT2D eigenvalue weighted by Gasteiger charge is -2.10. The predicted octanol–water partition coefficient (Wildman–Crippen LogP) is 13.9. The van der Waals surface area contributed by atoms with Crippen LogP contribution >= 0.6 is 0 Å². The molecule has 57 heavy (non-hydrogen) atoms. The van der Waals surface area contributed by atoms with E-state index >= 15 is 0 Å². The third-order valence-electron chi connectivity index (χ3n) is 10.5. The van der Waals surface area contributed by atoms with E-state index in [2.05, 4.69) is 64.6 Å². The maximum absolute atomic E-state index is 6.29. The van der Waals surface area contributed by atoms with Crippen molar-refractivity contribution in [1.29, 1.82) is 0 Å². The Morgan fingerprint density at radius 1 is 0.368 bits per heavy atom. The molecule has 6 aliphatic rings. The maximum Gasteiger partial charge on any atom is 0.227 e. The number of rotatable bonds is 1. The summed E-state index contributed by atoms with van der Waals surface area (Å²) in [5.41, 5.74) is 12.0. The lowest BCUT2D eigenvalue weighted by Crippen LogP contribution is -1.87. The van der Waals surface area contributed by atoms with Gasteiger partial charge in [0.25, 0.3) is 0 Å². The molecule has 0 atom stereocenters. The van der Waals surface area contributed by atoms with Gasteiger partial charge < -0.3 is 13.3 Å². The molecule has 6 heterocycles. The van der Waals surface area contributed by atoms with Gasteiger partial charge >= 0.3 is 0 Å². The molecule has 13 rings (SSSR count). The molecule has 0 unspecified atom stereocenters. The minimum Gasteiger partial charge on any atom is -0.464 e. The van der Waals surface area contributed by atoms with Crippen molar-refractivity contribution in [2.24, 2.45) is 0 Å². The van der Waals surface area contributed by atoms with Crippen molar-refractivity contribution in [2.45, 2.75) is 0 Å². The van der Waals surface area contributed by atoms with Crippen LogP contribution in [-0.2, 0) is 0 Å². The minimum absolute atomic E-state index is 0.713. The van der Waals surface area contributed by atoms with Gasteiger partial charge in [-0.25, -0.2) is 15.0 Å². The molecule has 0 bridgehead atoms. The summed E-state index contributed by atoms with van der Waals surface area (Å²) in [6.45, 7) is 0. The van der Waals surface area contributed by atoms with Gasteiger partial charge in [0.2, 0.25) is 5.89 Å². The van der Waals surface area contributed by atoms with E-state index in [0.29, 0.717) is 5.89 Å². The lowest BCUT2D eigenvalue weighted by atomic mass is 9.99. The fourth-order valence-corrected chi connectivity index (χ4v) is 7.79. The fraction of sp³-hybridized carbons (Fsp3) is 0. The summed E-state index contributed by atoms with van der Waals surface area (Å²) < 4.78 is 17.8. The summed E-state index contributed by atoms with van der Waals surface area (Å²) in [5.74, 6) is 1.60. The van der Waals surface area contributed by atoms with Crippen molar-refractivity contribution in [3.05, 3.63) is 188 Å². The molecule has 0 fully saturated rings. The van der Waals surface area contributed by atoms with Crippen LogP contribution in [0.5, 0.6) is 0 Å². The molecular weight excluding hydrogens is 703 g/mol. The molecule has 6 aliphatic heterocycles. The Morgan fingerprint density at radius 2 is 0.895 bits per heavy atom. The molecular formula is C51H31N3O3. The number of aromatic nitrogens is 3. The smallest absolute Gasteiger partial charge is 0.227 e. The Bertz CT molecular complexity index is 3410. The molecule has 0 spiro atoms. The number of benzene rings is 7. The quantitative estimate of drug-likeness (QED) is 0.167. The molecule has 268 valence electrons. The fourth-order valence-electron chi connectivity index (χ4n) is 7.79. The summed E-state index contributed by atoms with van der Waals surface area (Å²) in [7, 11) is 0. The summed E-state index contributed by atoms with van der Waals surface area (Å²) in [4.78, 5) is 14.1. The molecule has 0 aliphatic carbocycles. The highest BCUT2D eigenvalue weighted by Gasteiger charge is 2.23. The molecule has 0 saturated carbocycles. The zero-order valence-corrected chi connectivity index (χ0v) is 30.5. The normalized spacial score (nSPS) is 11.5. The van der Waals surface area contributed by atoms with Gasteiger partial charge in [0.05, 0.1) is 33.5 Å². The Labute approximate surface area is 326 Å². The van der Waals surface area contributed by atoms with Gasteiger partial charge in [-0.1, -0.05) is 127 Å². The highest BCUT2D eigenvalue weighted by Crippen LogP contribution is 2.44. The van der Waals surface area contributed by atoms with E-state index in [4.69, 9.17) is 18.2 Å². The van der Waals surface area contributed by atoms with Crippen molar-refractivity contribution in [1.82, 2.24) is 15.0 Å². The number of nitrogens with zero attached hydrogens (tertiary/aromatic N) is 3. The third-order valence-corrected chi connectivity index (χ3v) is 10.5. The van der Waals surface area contributed by atoms with Gasteiger partial charge in [0.15, 0.2) is 0 Å². The second-order valence-electron chi connectivity index (χ2n) is 13.9. The predicted molar refractivity (Wildman–Crippen MR) is 230 cm³/mol. The van der Waals surface area contributed by atoms with Crippen molar-refractivity contribution in [3.63, 3.8) is 0 Å². The van der Waals surface area contributed by atoms with Crippen molar-refractivity contribution in [3.8, 4) is 45.3 Å². The Balaban J connectivity index is 0.000000100. The van der Waals surface area contributed by atoms with Gasteiger partial charge in [-0.3, -0.25) is 0 Å². The van der Waals surface area contributed by atoms with E-state index in [1.807, 2.05) is 127 Å². The second kappa shape index (κ2) is 13.5. The van der Waals surface area contributed by atoms with E-state index in [-0.39, 0.29) is 0 Å². The topological polar surface area (TPSA) is 78.1 Å². The van der Waals surface area contributed by atoms with Crippen LogP contribution in [0.2, 0.25) is 0 Å². The van der Waals surface area contributed by atoms with Crippen molar-refractivity contribution < 1.29 is 13.3 Å². The standard InChI is InChI=1S/C21H13NO.2C15H9NO/c1-2-8-14(9-3-1)21-19-15-10-4-6-12-17(15)22-20(19)16-11-5-7-13-18(16)23-21;1-4-8-14-10(5-1)9-12-11-6-2-3-7-13(11)16-15(12)17-14;1-3-7-13-10(5-1)12-9-17-14-8-4-2-6-11(14)15(12)16-13/h1-13H;2*1-9H. The zero-order chi connectivity index (χ0) is 37.7. The number of fused-ring (bicyclic) bond motifs is 14. The average molecular weight is 734 g/mol. The molecule has 7 aromatic rings. The highest BCUT2D eigenvalue weighted by molar-refractivity contribution is 6.10. The Morgan fingerprint density at radius 3 is 1.65 bits per heavy atom. The lowest BCUT2D eigenvalue weighted by molar-refractivity contribution is 0.605. The second-order valence-corrected chi connectivity index (χ2v) is 13.9. The minimum atomic E-state index is 0.713. The van der Waals surface area contributed by atoms with Crippen LogP contribution in [0.15, 0.2) is 202 Å². The van der Waals surface area contributed by atoms with Crippen LogP contribution in [-0.4, -0.2) is 15.0 Å². The summed E-state index contributed by atoms with van der Waals surface area (Å²) in [5, 5.41) is 6.67. The molecule has 0 radical (unpaired) electrons. The molecule has 6 nitrogen and oxygen atoms in total. The molecule has 0 N–H and O–H groups in total. The SMILES string of the molecule is c1ccc(-c2oc3ccccc3c3nc4ccccc4c2-3)cc1.c1ccc2c3coc4ccccc4c-3nc2c1.c1ccc2oc3nc4ccccc4c-3cc2c1. The first-order chi connectivity index (χ1) is 28.3. The van der Waals surface area contributed by atoms with Gasteiger partial charge in [-0.2, -0.15) is 0 Å². The molecule has 6 heteroatoms. The van der Waals surface area contributed by atoms with Crippen molar-refractivity contribution >= 4 is 65.6 Å². The van der Waals surface area contributed by atoms with Crippen LogP contribution in [0.3, 0.4) is 0 Å². The van der Waals surface area contributed by atoms with Crippen LogP contribution in [0.1, 0.15) is 0 Å². The molecule has 0 aromatic heterocycles. The zero-order valence-electron chi connectivity index (χ0n) is 30.5. The average Bonchev–Trinajstić information content (AvgIpc) is 3.98. The van der Waals surface area contributed by atoms with E-state index < -0.39 is 0 Å². The van der Waals surface area contributed by atoms with Crippen LogP contribution in [0.4, 0.5) is 0 Å². The maximum atomic E-state index is 6.29. The monoisotopic (exact) mass is 733 g/mol. The number of hydrogen-bond acceptors (Lipinski definition) is 6. The van der Waals surface area contributed by atoms with Crippen LogP contribution in [0, 0.1) is 0 Å². The van der Waals surface area contributed by atoms with E-state index in [9.17, 15) is 0 Å². The molecule has 7 aromatic carbocycles. The number of para-hydroxylation sites is 6. The first-order valence-corrected chi connectivity index (χ1v) is 18.8. The summed E-state index contributed by atoms with van der Waals surface area (Å²) in [6, 6.07) is 61.0. The van der Waals surface area contributed by atoms with Crippen LogP contribution in [0.25, 0.3) is 111 Å². The first kappa shape index (κ1) is 32.6. The van der Waals surface area contributed by atoms with Crippen LogP contribution < -0.4 is 0 Å². The highest BCUT2D eigenvalue weighted by atomic mass is 16.3. The first-order valence-electron chi connectivity index (χ1n) is 18.8. The molecule has 0 amide bonds. The Kier molecular flexibility index (Phi) is 7.71. The van der Waals surface area contributed by atoms with Gasteiger partial charge in [-0.15, -0.1) is 0 Å².